The van der Waals surface area contributed by atoms with Crippen molar-refractivity contribution in [3.8, 4) is 5.75 Å². The number of benzene rings is 2. The molecule has 4 rings (SSSR count). The van der Waals surface area contributed by atoms with Crippen LogP contribution in [0.4, 0.5) is 22.4 Å². The number of alkyl halides is 3. The van der Waals surface area contributed by atoms with Gasteiger partial charge in [0.15, 0.2) is 5.41 Å². The molecule has 2 atom stereocenters. The second kappa shape index (κ2) is 12.9. The smallest absolute Gasteiger partial charge is 0.410 e. The summed E-state index contributed by atoms with van der Waals surface area (Å²) in [6.45, 7) is 5.34. The average molecular weight is 688 g/mol. The van der Waals surface area contributed by atoms with E-state index in [4.69, 9.17) is 14.2 Å². The van der Waals surface area contributed by atoms with Crippen molar-refractivity contribution in [2.75, 3.05) is 47.0 Å². The predicted molar refractivity (Wildman–Crippen MR) is 160 cm³/mol. The summed E-state index contributed by atoms with van der Waals surface area (Å²) in [6, 6.07) is 10.4. The van der Waals surface area contributed by atoms with Crippen molar-refractivity contribution in [1.29, 1.82) is 0 Å². The van der Waals surface area contributed by atoms with E-state index in [2.05, 4.69) is 15.9 Å². The number of piperidine rings is 2. The molecule has 2 aromatic carbocycles. The molecule has 2 amide bonds. The molecule has 242 valence electrons. The van der Waals surface area contributed by atoms with E-state index >= 15 is 0 Å². The number of hydrogen-bond donors (Lipinski definition) is 0. The van der Waals surface area contributed by atoms with Gasteiger partial charge in [0, 0.05) is 39.2 Å². The molecule has 0 saturated carbocycles. The lowest BCUT2D eigenvalue weighted by atomic mass is 9.62. The molecule has 0 N–H and O–H groups in total. The molecule has 2 aliphatic heterocycles. The van der Waals surface area contributed by atoms with E-state index < -0.39 is 52.6 Å². The van der Waals surface area contributed by atoms with Gasteiger partial charge >= 0.3 is 12.3 Å². The molecule has 0 radical (unpaired) electrons. The zero-order valence-electron chi connectivity index (χ0n) is 25.6. The molecule has 1 unspecified atom stereocenters. The number of amides is 2. The van der Waals surface area contributed by atoms with Gasteiger partial charge in [-0.2, -0.15) is 13.2 Å². The lowest BCUT2D eigenvalue weighted by molar-refractivity contribution is -0.212. The summed E-state index contributed by atoms with van der Waals surface area (Å²) < 4.78 is 75.0. The van der Waals surface area contributed by atoms with Crippen LogP contribution in [0.2, 0.25) is 0 Å². The van der Waals surface area contributed by atoms with Gasteiger partial charge in [0.05, 0.1) is 18.2 Å². The summed E-state index contributed by atoms with van der Waals surface area (Å²) in [7, 11) is 2.68. The van der Waals surface area contributed by atoms with Crippen LogP contribution in [-0.4, -0.2) is 80.6 Å². The van der Waals surface area contributed by atoms with E-state index in [1.165, 1.54) is 4.90 Å². The Bertz CT molecular complexity index is 1360. The monoisotopic (exact) mass is 686 g/mol. The third kappa shape index (κ3) is 6.56. The molecular formula is C32H39BrF4N2O5. The Balaban J connectivity index is 1.66. The third-order valence-electron chi connectivity index (χ3n) is 8.86. The van der Waals surface area contributed by atoms with Crippen LogP contribution < -0.4 is 4.74 Å². The number of ether oxygens (including phenoxy) is 3. The molecule has 44 heavy (non-hydrogen) atoms. The molecule has 2 saturated heterocycles. The third-order valence-corrected chi connectivity index (χ3v) is 9.46. The fourth-order valence-corrected chi connectivity index (χ4v) is 6.93. The van der Waals surface area contributed by atoms with E-state index in [0.29, 0.717) is 38.1 Å². The molecule has 7 nitrogen and oxygen atoms in total. The minimum absolute atomic E-state index is 0.0703. The highest BCUT2D eigenvalue weighted by molar-refractivity contribution is 9.10. The number of methoxy groups -OCH3 is 2. The second-order valence-corrected chi connectivity index (χ2v) is 13.4. The Kier molecular flexibility index (Phi) is 9.95. The zero-order chi connectivity index (χ0) is 32.5. The van der Waals surface area contributed by atoms with Crippen molar-refractivity contribution in [3.63, 3.8) is 0 Å². The van der Waals surface area contributed by atoms with Crippen LogP contribution in [0.1, 0.15) is 57.1 Å². The summed E-state index contributed by atoms with van der Waals surface area (Å²) in [5.74, 6) is -1.44. The van der Waals surface area contributed by atoms with Gasteiger partial charge in [0.1, 0.15) is 17.2 Å². The maximum atomic E-state index is 14.9. The quantitative estimate of drug-likeness (QED) is 0.304. The van der Waals surface area contributed by atoms with Crippen LogP contribution in [0.3, 0.4) is 0 Å². The van der Waals surface area contributed by atoms with Gasteiger partial charge in [0.2, 0.25) is 5.91 Å². The van der Waals surface area contributed by atoms with Gasteiger partial charge in [-0.15, -0.1) is 0 Å². The average Bonchev–Trinajstić information content (AvgIpc) is 2.96. The summed E-state index contributed by atoms with van der Waals surface area (Å²) in [4.78, 5) is 30.0. The molecule has 2 heterocycles. The van der Waals surface area contributed by atoms with Crippen molar-refractivity contribution in [1.82, 2.24) is 9.80 Å². The molecule has 0 bridgehead atoms. The standard InChI is InChI=1S/C32H39BrF4N2O5/c1-29(2,3)44-28(41)39-17-14-30(23(19-39)22-8-6-7-9-26(22)43-5)12-15-38(16-13-30)27(40)31(20-42-4,32(35,36)37)21-10-11-25(34)24(33)18-21/h6-11,18,23H,12-17,19-20H2,1-5H3/t23?,31-/m1/s1. The number of likely N-dealkylation sites (tertiary alicyclic amines) is 2. The summed E-state index contributed by atoms with van der Waals surface area (Å²) in [5, 5.41) is 0. The molecular weight excluding hydrogens is 648 g/mol. The van der Waals surface area contributed by atoms with Crippen LogP contribution in [0.5, 0.6) is 5.75 Å². The van der Waals surface area contributed by atoms with E-state index in [1.807, 2.05) is 24.3 Å². The number of halogens is 5. The fourth-order valence-electron chi connectivity index (χ4n) is 6.55. The summed E-state index contributed by atoms with van der Waals surface area (Å²) in [5.41, 5.74) is -3.62. The summed E-state index contributed by atoms with van der Waals surface area (Å²) >= 11 is 2.97. The SMILES string of the molecule is COC[C@](C(=O)N1CCC2(CCN(C(=O)OC(C)(C)C)CC2c2ccccc2OC)CC1)(c1ccc(F)c(Br)c1)C(F)(F)F. The number of nitrogens with zero attached hydrogens (tertiary/aromatic N) is 2. The first-order valence-corrected chi connectivity index (χ1v) is 15.3. The first-order chi connectivity index (χ1) is 20.6. The van der Waals surface area contributed by atoms with Crippen LogP contribution in [-0.2, 0) is 19.7 Å². The van der Waals surface area contributed by atoms with E-state index in [1.54, 1.807) is 32.8 Å². The molecule has 1 spiro atoms. The Morgan fingerprint density at radius 3 is 2.14 bits per heavy atom. The molecule has 0 aromatic heterocycles. The Labute approximate surface area is 263 Å². The molecule has 12 heteroatoms. The number of carbonyl (C=O) groups excluding carboxylic acids is 2. The maximum Gasteiger partial charge on any atom is 0.410 e. The molecule has 2 aliphatic rings. The van der Waals surface area contributed by atoms with Gasteiger partial charge in [-0.1, -0.05) is 24.3 Å². The van der Waals surface area contributed by atoms with Crippen molar-refractivity contribution in [2.24, 2.45) is 5.41 Å². The van der Waals surface area contributed by atoms with Crippen LogP contribution >= 0.6 is 15.9 Å². The normalized spacial score (nSPS) is 20.3. The van der Waals surface area contributed by atoms with Gasteiger partial charge in [-0.25, -0.2) is 9.18 Å². The van der Waals surface area contributed by atoms with Gasteiger partial charge in [0.25, 0.3) is 0 Å². The van der Waals surface area contributed by atoms with Crippen LogP contribution in [0.25, 0.3) is 0 Å². The van der Waals surface area contributed by atoms with E-state index in [9.17, 15) is 27.2 Å². The van der Waals surface area contributed by atoms with Crippen molar-refractivity contribution in [3.05, 3.63) is 63.9 Å². The highest BCUT2D eigenvalue weighted by atomic mass is 79.9. The van der Waals surface area contributed by atoms with Crippen molar-refractivity contribution < 1.29 is 41.4 Å². The predicted octanol–water partition coefficient (Wildman–Crippen LogP) is 7.08. The van der Waals surface area contributed by atoms with Crippen LogP contribution in [0, 0.1) is 11.2 Å². The Morgan fingerprint density at radius 2 is 1.59 bits per heavy atom. The molecule has 0 aliphatic carbocycles. The number of rotatable bonds is 6. The number of hydrogen-bond acceptors (Lipinski definition) is 5. The maximum absolute atomic E-state index is 14.9. The molecule has 2 fully saturated rings. The molecule has 2 aromatic rings. The Hall–Kier alpha value is -2.86. The number of para-hydroxylation sites is 1. The minimum Gasteiger partial charge on any atom is -0.496 e. The number of carbonyl (C=O) groups is 2. The van der Waals surface area contributed by atoms with Gasteiger partial charge < -0.3 is 24.0 Å². The minimum atomic E-state index is -5.02. The Morgan fingerprint density at radius 1 is 0.977 bits per heavy atom. The van der Waals surface area contributed by atoms with Crippen molar-refractivity contribution >= 4 is 27.9 Å². The highest BCUT2D eigenvalue weighted by Crippen LogP contribution is 2.53. The zero-order valence-corrected chi connectivity index (χ0v) is 27.2. The van der Waals surface area contributed by atoms with E-state index in [0.717, 1.165) is 30.9 Å². The fraction of sp³-hybridized carbons (Fsp3) is 0.562. The first kappa shape index (κ1) is 34.0. The second-order valence-electron chi connectivity index (χ2n) is 12.6. The van der Waals surface area contributed by atoms with Crippen molar-refractivity contribution in [2.45, 2.75) is 63.1 Å². The van der Waals surface area contributed by atoms with Gasteiger partial charge in [-0.05, 0) is 90.7 Å². The first-order valence-electron chi connectivity index (χ1n) is 14.5. The highest BCUT2D eigenvalue weighted by Gasteiger charge is 2.63. The van der Waals surface area contributed by atoms with E-state index in [-0.39, 0.29) is 23.5 Å². The summed E-state index contributed by atoms with van der Waals surface area (Å²) in [6.07, 6.45) is -4.05. The lowest BCUT2D eigenvalue weighted by Crippen LogP contribution is -2.61. The largest absolute Gasteiger partial charge is 0.496 e. The van der Waals surface area contributed by atoms with Crippen LogP contribution in [0.15, 0.2) is 46.9 Å². The lowest BCUT2D eigenvalue weighted by Gasteiger charge is -2.52. The van der Waals surface area contributed by atoms with Gasteiger partial charge in [-0.3, -0.25) is 4.79 Å². The topological polar surface area (TPSA) is 68.3 Å².